The number of non-ortho nitro benzene ring substituents is 2. The molecule has 0 aliphatic heterocycles. The van der Waals surface area contributed by atoms with E-state index in [4.69, 9.17) is 32.5 Å². The van der Waals surface area contributed by atoms with Gasteiger partial charge in [-0.2, -0.15) is 0 Å². The molecule has 0 amide bonds. The predicted molar refractivity (Wildman–Crippen MR) is 83.2 cm³/mol. The van der Waals surface area contributed by atoms with Crippen LogP contribution in [-0.2, 0) is 0 Å². The van der Waals surface area contributed by atoms with Gasteiger partial charge in [0.05, 0.1) is 32.0 Å². The summed E-state index contributed by atoms with van der Waals surface area (Å²) in [5.41, 5.74) is -0.433. The summed E-state index contributed by atoms with van der Waals surface area (Å²) >= 11 is 11.7. The van der Waals surface area contributed by atoms with Crippen molar-refractivity contribution in [1.29, 1.82) is 0 Å². The van der Waals surface area contributed by atoms with Gasteiger partial charge in [-0.05, 0) is 12.1 Å². The molecule has 2 aromatic rings. The summed E-state index contributed by atoms with van der Waals surface area (Å²) in [5, 5.41) is 21.6. The van der Waals surface area contributed by atoms with Gasteiger partial charge in [-0.15, -0.1) is 0 Å². The first kappa shape index (κ1) is 16.8. The van der Waals surface area contributed by atoms with E-state index in [-0.39, 0.29) is 32.9 Å². The highest BCUT2D eigenvalue weighted by Gasteiger charge is 2.15. The normalized spacial score (nSPS) is 10.0. The van der Waals surface area contributed by atoms with Gasteiger partial charge >= 0.3 is 7.69 Å². The van der Waals surface area contributed by atoms with E-state index in [0.717, 1.165) is 19.8 Å². The summed E-state index contributed by atoms with van der Waals surface area (Å²) in [6.07, 6.45) is 0. The summed E-state index contributed by atoms with van der Waals surface area (Å²) < 4.78 is 10.1. The Hall–Kier alpha value is -2.52. The Morgan fingerprint density at radius 2 is 1.22 bits per heavy atom. The summed E-state index contributed by atoms with van der Waals surface area (Å²) in [6, 6.07) is 7.24. The minimum absolute atomic E-state index is 0.0116. The van der Waals surface area contributed by atoms with Crippen LogP contribution >= 0.6 is 23.2 Å². The minimum Gasteiger partial charge on any atom is -0.525 e. The summed E-state index contributed by atoms with van der Waals surface area (Å²) in [4.78, 5) is 20.2. The first-order valence-corrected chi connectivity index (χ1v) is 6.67. The number of nitro benzene ring substituents is 2. The Morgan fingerprint density at radius 1 is 0.826 bits per heavy atom. The topological polar surface area (TPSA) is 105 Å². The zero-order chi connectivity index (χ0) is 17.0. The van der Waals surface area contributed by atoms with Crippen molar-refractivity contribution in [2.24, 2.45) is 0 Å². The quantitative estimate of drug-likeness (QED) is 0.443. The average Bonchev–Trinajstić information content (AvgIpc) is 2.50. The maximum Gasteiger partial charge on any atom is 0.658 e. The van der Waals surface area contributed by atoms with Gasteiger partial charge in [-0.3, -0.25) is 20.2 Å². The number of rotatable bonds is 6. The van der Waals surface area contributed by atoms with Crippen molar-refractivity contribution in [2.45, 2.75) is 0 Å². The fraction of sp³-hybridized carbons (Fsp3) is 0. The molecule has 117 valence electrons. The molecule has 23 heavy (non-hydrogen) atoms. The van der Waals surface area contributed by atoms with Crippen LogP contribution in [0.4, 0.5) is 11.4 Å². The Balaban J connectivity index is 2.08. The molecule has 1 radical (unpaired) electrons. The SMILES string of the molecule is O=[N+]([O-])c1ccc(Cl)c(O[B]Oc2cc([N+](=O)[O-])ccc2Cl)c1. The van der Waals surface area contributed by atoms with E-state index in [0.29, 0.717) is 0 Å². The molecule has 0 N–H and O–H groups in total. The number of nitro groups is 2. The van der Waals surface area contributed by atoms with Gasteiger partial charge in [0.15, 0.2) is 0 Å². The largest absolute Gasteiger partial charge is 0.658 e. The first-order chi connectivity index (χ1) is 10.9. The van der Waals surface area contributed by atoms with Crippen LogP contribution in [0.15, 0.2) is 36.4 Å². The lowest BCUT2D eigenvalue weighted by atomic mass is 10.2. The molecular weight excluding hydrogens is 350 g/mol. The number of hydrogen-bond donors (Lipinski definition) is 0. The van der Waals surface area contributed by atoms with Crippen LogP contribution < -0.4 is 9.31 Å². The molecule has 2 rings (SSSR count). The highest BCUT2D eigenvalue weighted by atomic mass is 35.5. The van der Waals surface area contributed by atoms with Crippen LogP contribution in [0.3, 0.4) is 0 Å². The third-order valence-corrected chi connectivity index (χ3v) is 3.23. The number of benzene rings is 2. The molecule has 0 atom stereocenters. The van der Waals surface area contributed by atoms with Crippen LogP contribution in [0.1, 0.15) is 0 Å². The smallest absolute Gasteiger partial charge is 0.525 e. The summed E-state index contributed by atoms with van der Waals surface area (Å²) in [6.45, 7) is 0. The van der Waals surface area contributed by atoms with E-state index in [1.54, 1.807) is 0 Å². The lowest BCUT2D eigenvalue weighted by molar-refractivity contribution is -0.385. The molecular formula is C12H6BCl2N2O6. The Kier molecular flexibility index (Phi) is 5.25. The minimum atomic E-state index is -0.610. The van der Waals surface area contributed by atoms with Crippen LogP contribution in [-0.4, -0.2) is 17.5 Å². The van der Waals surface area contributed by atoms with Crippen LogP contribution in [0, 0.1) is 20.2 Å². The molecule has 0 bridgehead atoms. The molecule has 0 aliphatic rings. The van der Waals surface area contributed by atoms with Crippen molar-refractivity contribution in [2.75, 3.05) is 0 Å². The van der Waals surface area contributed by atoms with Gasteiger partial charge < -0.3 is 9.31 Å². The van der Waals surface area contributed by atoms with Gasteiger partial charge in [0.1, 0.15) is 11.5 Å². The standard InChI is InChI=1S/C12H6BCl2N2O6/c14-9-3-1-7(16(18)19)5-11(9)22-13-23-12-6-8(17(20)21)2-4-10(12)15/h1-6H. The zero-order valence-electron chi connectivity index (χ0n) is 11.1. The molecule has 8 nitrogen and oxygen atoms in total. The molecule has 0 saturated carbocycles. The molecule has 0 aromatic heterocycles. The second kappa shape index (κ2) is 7.16. The van der Waals surface area contributed by atoms with Crippen molar-refractivity contribution in [3.63, 3.8) is 0 Å². The van der Waals surface area contributed by atoms with Gasteiger partial charge in [-0.25, -0.2) is 0 Å². The van der Waals surface area contributed by atoms with Crippen LogP contribution in [0.2, 0.25) is 10.0 Å². The van der Waals surface area contributed by atoms with E-state index in [1.165, 1.54) is 24.3 Å². The van der Waals surface area contributed by atoms with E-state index in [9.17, 15) is 20.2 Å². The molecule has 2 aromatic carbocycles. The number of halogens is 2. The van der Waals surface area contributed by atoms with Crippen molar-refractivity contribution < 1.29 is 19.2 Å². The molecule has 0 saturated heterocycles. The Labute approximate surface area is 140 Å². The fourth-order valence-corrected chi connectivity index (χ4v) is 1.84. The molecule has 0 heterocycles. The maximum absolute atomic E-state index is 10.7. The van der Waals surface area contributed by atoms with Crippen molar-refractivity contribution >= 4 is 42.3 Å². The monoisotopic (exact) mass is 355 g/mol. The lowest BCUT2D eigenvalue weighted by Gasteiger charge is -2.09. The highest BCUT2D eigenvalue weighted by Crippen LogP contribution is 2.30. The van der Waals surface area contributed by atoms with Gasteiger partial charge in [-0.1, -0.05) is 23.2 Å². The van der Waals surface area contributed by atoms with E-state index < -0.39 is 9.85 Å². The Bertz CT molecular complexity index is 710. The summed E-state index contributed by atoms with van der Waals surface area (Å²) in [5.74, 6) is -0.0233. The van der Waals surface area contributed by atoms with Gasteiger partial charge in [0.2, 0.25) is 0 Å². The third kappa shape index (κ3) is 4.24. The lowest BCUT2D eigenvalue weighted by Crippen LogP contribution is -2.11. The molecule has 0 unspecified atom stereocenters. The van der Waals surface area contributed by atoms with Crippen LogP contribution in [0.5, 0.6) is 11.5 Å². The fourth-order valence-electron chi connectivity index (χ4n) is 1.52. The molecule has 0 aliphatic carbocycles. The van der Waals surface area contributed by atoms with Gasteiger partial charge in [0, 0.05) is 12.1 Å². The van der Waals surface area contributed by atoms with Crippen molar-refractivity contribution in [1.82, 2.24) is 0 Å². The second-order valence-corrected chi connectivity index (χ2v) is 4.89. The first-order valence-electron chi connectivity index (χ1n) is 5.91. The molecule has 11 heteroatoms. The van der Waals surface area contributed by atoms with Crippen molar-refractivity contribution in [3.8, 4) is 11.5 Å². The third-order valence-electron chi connectivity index (χ3n) is 2.60. The van der Waals surface area contributed by atoms with Crippen molar-refractivity contribution in [3.05, 3.63) is 66.7 Å². The number of hydrogen-bond acceptors (Lipinski definition) is 6. The van der Waals surface area contributed by atoms with E-state index >= 15 is 0 Å². The molecule has 0 fully saturated rings. The van der Waals surface area contributed by atoms with E-state index in [1.807, 2.05) is 0 Å². The highest BCUT2D eigenvalue weighted by molar-refractivity contribution is 6.34. The average molecular weight is 356 g/mol. The number of nitrogens with zero attached hydrogens (tertiary/aromatic N) is 2. The van der Waals surface area contributed by atoms with E-state index in [2.05, 4.69) is 0 Å². The predicted octanol–water partition coefficient (Wildman–Crippen LogP) is 3.80. The second-order valence-electron chi connectivity index (χ2n) is 4.08. The Morgan fingerprint density at radius 3 is 1.57 bits per heavy atom. The van der Waals surface area contributed by atoms with Crippen LogP contribution in [0.25, 0.3) is 0 Å². The van der Waals surface area contributed by atoms with Gasteiger partial charge in [0.25, 0.3) is 11.4 Å². The molecule has 0 spiro atoms. The maximum atomic E-state index is 10.7. The summed E-state index contributed by atoms with van der Waals surface area (Å²) in [7, 11) is 0.815. The zero-order valence-corrected chi connectivity index (χ0v) is 12.7.